The maximum absolute atomic E-state index is 12.3. The Kier molecular flexibility index (Phi) is 6.79. The fraction of sp³-hybridized carbons (Fsp3) is 0.615. The molecule has 1 N–H and O–H groups in total. The first-order valence-electron chi connectivity index (χ1n) is 6.76. The number of nitrogens with one attached hydrogen (secondary N) is 1. The number of carbonyl (C=O) groups is 1. The van der Waals surface area contributed by atoms with E-state index in [9.17, 15) is 18.0 Å². The van der Waals surface area contributed by atoms with Crippen LogP contribution in [0.5, 0.6) is 0 Å². The number of amides is 1. The third-order valence-electron chi connectivity index (χ3n) is 2.88. The SMILES string of the molecule is CN=C(NCC(=O)N(C)CC(F)(F)F)N(C)Cc1csc(C)n1. The van der Waals surface area contributed by atoms with Gasteiger partial charge in [-0.1, -0.05) is 0 Å². The Labute approximate surface area is 137 Å². The first-order chi connectivity index (χ1) is 10.6. The van der Waals surface area contributed by atoms with Gasteiger partial charge in [0, 0.05) is 26.5 Å². The molecule has 0 saturated carbocycles. The number of aryl methyl sites for hydroxylation is 1. The van der Waals surface area contributed by atoms with Crippen molar-refractivity contribution in [2.75, 3.05) is 34.2 Å². The summed E-state index contributed by atoms with van der Waals surface area (Å²) in [6.45, 7) is 0.840. The van der Waals surface area contributed by atoms with Crippen molar-refractivity contribution in [3.63, 3.8) is 0 Å². The van der Waals surface area contributed by atoms with Crippen molar-refractivity contribution in [1.82, 2.24) is 20.1 Å². The van der Waals surface area contributed by atoms with E-state index in [1.54, 1.807) is 11.9 Å². The first-order valence-corrected chi connectivity index (χ1v) is 7.64. The second kappa shape index (κ2) is 8.14. The lowest BCUT2D eigenvalue weighted by molar-refractivity contribution is -0.157. The van der Waals surface area contributed by atoms with Gasteiger partial charge < -0.3 is 15.1 Å². The molecule has 0 unspecified atom stereocenters. The minimum absolute atomic E-state index is 0.264. The lowest BCUT2D eigenvalue weighted by atomic mass is 10.4. The summed E-state index contributed by atoms with van der Waals surface area (Å²) < 4.78 is 36.8. The van der Waals surface area contributed by atoms with E-state index < -0.39 is 18.6 Å². The number of guanidine groups is 1. The van der Waals surface area contributed by atoms with Crippen LogP contribution in [0, 0.1) is 6.92 Å². The Balaban J connectivity index is 2.51. The quantitative estimate of drug-likeness (QED) is 0.645. The Morgan fingerprint density at radius 1 is 1.39 bits per heavy atom. The highest BCUT2D eigenvalue weighted by Crippen LogP contribution is 2.15. The van der Waals surface area contributed by atoms with Crippen LogP contribution in [0.3, 0.4) is 0 Å². The van der Waals surface area contributed by atoms with E-state index in [2.05, 4.69) is 15.3 Å². The summed E-state index contributed by atoms with van der Waals surface area (Å²) in [5.74, 6) is -0.259. The van der Waals surface area contributed by atoms with Crippen molar-refractivity contribution in [1.29, 1.82) is 0 Å². The molecule has 6 nitrogen and oxygen atoms in total. The van der Waals surface area contributed by atoms with E-state index in [4.69, 9.17) is 0 Å². The Morgan fingerprint density at radius 2 is 2.04 bits per heavy atom. The highest BCUT2D eigenvalue weighted by molar-refractivity contribution is 7.09. The van der Waals surface area contributed by atoms with Gasteiger partial charge in [0.05, 0.1) is 23.8 Å². The second-order valence-corrected chi connectivity index (χ2v) is 6.04. The van der Waals surface area contributed by atoms with Gasteiger partial charge in [0.1, 0.15) is 6.54 Å². The van der Waals surface area contributed by atoms with E-state index in [1.807, 2.05) is 12.3 Å². The number of aromatic nitrogens is 1. The molecule has 0 spiro atoms. The summed E-state index contributed by atoms with van der Waals surface area (Å²) in [5.41, 5.74) is 0.860. The lowest BCUT2D eigenvalue weighted by Gasteiger charge is -2.23. The van der Waals surface area contributed by atoms with E-state index in [-0.39, 0.29) is 6.54 Å². The van der Waals surface area contributed by atoms with Gasteiger partial charge in [-0.05, 0) is 6.92 Å². The third-order valence-corrected chi connectivity index (χ3v) is 3.70. The summed E-state index contributed by atoms with van der Waals surface area (Å²) in [5, 5.41) is 5.62. The summed E-state index contributed by atoms with van der Waals surface area (Å²) >= 11 is 1.53. The molecule has 1 rings (SSSR count). The number of alkyl halides is 3. The maximum Gasteiger partial charge on any atom is 0.406 e. The van der Waals surface area contributed by atoms with Crippen LogP contribution < -0.4 is 5.32 Å². The van der Waals surface area contributed by atoms with Gasteiger partial charge in [-0.25, -0.2) is 4.98 Å². The van der Waals surface area contributed by atoms with E-state index in [1.165, 1.54) is 18.4 Å². The van der Waals surface area contributed by atoms with Crippen molar-refractivity contribution in [2.24, 2.45) is 4.99 Å². The number of thiazole rings is 1. The Morgan fingerprint density at radius 3 is 2.52 bits per heavy atom. The maximum atomic E-state index is 12.3. The van der Waals surface area contributed by atoms with Gasteiger partial charge in [-0.2, -0.15) is 13.2 Å². The van der Waals surface area contributed by atoms with Crippen molar-refractivity contribution < 1.29 is 18.0 Å². The summed E-state index contributed by atoms with van der Waals surface area (Å²) in [7, 11) is 4.41. The average Bonchev–Trinajstić information content (AvgIpc) is 2.82. The zero-order valence-electron chi connectivity index (χ0n) is 13.4. The molecule has 0 aliphatic rings. The molecule has 1 aromatic rings. The highest BCUT2D eigenvalue weighted by atomic mass is 32.1. The number of rotatable bonds is 5. The predicted molar refractivity (Wildman–Crippen MR) is 83.4 cm³/mol. The third kappa shape index (κ3) is 6.85. The molecule has 10 heteroatoms. The number of carbonyl (C=O) groups excluding carboxylic acids is 1. The minimum atomic E-state index is -4.41. The molecule has 0 aliphatic heterocycles. The number of hydrogen-bond acceptors (Lipinski definition) is 4. The van der Waals surface area contributed by atoms with Gasteiger partial charge in [-0.15, -0.1) is 11.3 Å². The normalized spacial score (nSPS) is 12.2. The number of hydrogen-bond donors (Lipinski definition) is 1. The van der Waals surface area contributed by atoms with E-state index in [0.29, 0.717) is 17.4 Å². The molecule has 0 atom stereocenters. The van der Waals surface area contributed by atoms with Crippen molar-refractivity contribution in [2.45, 2.75) is 19.6 Å². The smallest absolute Gasteiger partial charge is 0.347 e. The summed E-state index contributed by atoms with van der Waals surface area (Å²) in [6.07, 6.45) is -4.41. The van der Waals surface area contributed by atoms with Crippen molar-refractivity contribution >= 4 is 23.2 Å². The first kappa shape index (κ1) is 19.2. The van der Waals surface area contributed by atoms with Crippen LogP contribution in [0.1, 0.15) is 10.7 Å². The largest absolute Gasteiger partial charge is 0.406 e. The van der Waals surface area contributed by atoms with Crippen LogP contribution in [-0.4, -0.2) is 67.1 Å². The van der Waals surface area contributed by atoms with Crippen LogP contribution >= 0.6 is 11.3 Å². The van der Waals surface area contributed by atoms with Crippen molar-refractivity contribution in [3.8, 4) is 0 Å². The number of aliphatic imine (C=N–C) groups is 1. The fourth-order valence-corrected chi connectivity index (χ4v) is 2.43. The molecule has 0 saturated heterocycles. The molecule has 23 heavy (non-hydrogen) atoms. The molecule has 1 aromatic heterocycles. The molecule has 0 fully saturated rings. The summed E-state index contributed by atoms with van der Waals surface area (Å²) in [6, 6.07) is 0. The second-order valence-electron chi connectivity index (χ2n) is 4.98. The van der Waals surface area contributed by atoms with Crippen LogP contribution in [0.15, 0.2) is 10.4 Å². The monoisotopic (exact) mass is 351 g/mol. The molecular formula is C13H20F3N5OS. The van der Waals surface area contributed by atoms with Crippen LogP contribution in [0.4, 0.5) is 13.2 Å². The molecule has 0 aliphatic carbocycles. The van der Waals surface area contributed by atoms with Gasteiger partial charge in [-0.3, -0.25) is 9.79 Å². The van der Waals surface area contributed by atoms with Gasteiger partial charge in [0.2, 0.25) is 5.91 Å². The lowest BCUT2D eigenvalue weighted by Crippen LogP contribution is -2.45. The molecule has 1 heterocycles. The van der Waals surface area contributed by atoms with Crippen LogP contribution in [-0.2, 0) is 11.3 Å². The molecule has 130 valence electrons. The molecule has 1 amide bonds. The van der Waals surface area contributed by atoms with Gasteiger partial charge in [0.25, 0.3) is 0 Å². The Hall–Kier alpha value is -1.84. The molecule has 0 bridgehead atoms. The van der Waals surface area contributed by atoms with Gasteiger partial charge >= 0.3 is 6.18 Å². The van der Waals surface area contributed by atoms with Gasteiger partial charge in [0.15, 0.2) is 5.96 Å². The minimum Gasteiger partial charge on any atom is -0.347 e. The topological polar surface area (TPSA) is 60.8 Å². The zero-order valence-corrected chi connectivity index (χ0v) is 14.3. The van der Waals surface area contributed by atoms with Crippen LogP contribution in [0.2, 0.25) is 0 Å². The molecule has 0 aromatic carbocycles. The summed E-state index contributed by atoms with van der Waals surface area (Å²) in [4.78, 5) is 22.4. The standard InChI is InChI=1S/C13H20F3N5OS/c1-9-19-10(7-23-9)6-20(3)12(17-2)18-5-11(22)21(4)8-13(14,15)16/h7H,5-6,8H2,1-4H3,(H,17,18). The highest BCUT2D eigenvalue weighted by Gasteiger charge is 2.31. The number of likely N-dealkylation sites (N-methyl/N-ethyl adjacent to an activating group) is 1. The van der Waals surface area contributed by atoms with E-state index >= 15 is 0 Å². The van der Waals surface area contributed by atoms with Crippen LogP contribution in [0.25, 0.3) is 0 Å². The Bertz CT molecular complexity index is 558. The predicted octanol–water partition coefficient (Wildman–Crippen LogP) is 1.48. The number of halogens is 3. The average molecular weight is 351 g/mol. The number of nitrogens with zero attached hydrogens (tertiary/aromatic N) is 4. The zero-order chi connectivity index (χ0) is 17.6. The molecule has 0 radical (unpaired) electrons. The molecular weight excluding hydrogens is 331 g/mol. The van der Waals surface area contributed by atoms with E-state index in [0.717, 1.165) is 17.7 Å². The fourth-order valence-electron chi connectivity index (χ4n) is 1.83. The van der Waals surface area contributed by atoms with Crippen molar-refractivity contribution in [3.05, 3.63) is 16.1 Å².